The van der Waals surface area contributed by atoms with E-state index in [-0.39, 0.29) is 24.4 Å². The second kappa shape index (κ2) is 8.44. The van der Waals surface area contributed by atoms with E-state index in [1.807, 2.05) is 13.8 Å². The number of rotatable bonds is 7. The molecule has 1 aromatic heterocycles. The first kappa shape index (κ1) is 17.9. The summed E-state index contributed by atoms with van der Waals surface area (Å²) in [5.41, 5.74) is 1.09. The van der Waals surface area contributed by atoms with Gasteiger partial charge in [-0.3, -0.25) is 14.9 Å². The molecule has 1 heterocycles. The van der Waals surface area contributed by atoms with Gasteiger partial charge in [-0.25, -0.2) is 4.98 Å². The molecule has 0 spiro atoms. The summed E-state index contributed by atoms with van der Waals surface area (Å²) in [6.45, 7) is 5.97. The van der Waals surface area contributed by atoms with E-state index >= 15 is 0 Å². The average Bonchev–Trinajstić information content (AvgIpc) is 2.94. The van der Waals surface area contributed by atoms with E-state index in [0.29, 0.717) is 28.7 Å². The molecule has 1 amide bonds. The van der Waals surface area contributed by atoms with Crippen LogP contribution in [0.4, 0.5) is 5.13 Å². The highest BCUT2D eigenvalue weighted by atomic mass is 32.1. The number of amides is 1. The molecule has 0 aliphatic rings. The SMILES string of the molecule is CCOC(=O)Cc1csc(NC(=O)c2ccc(OC(C)C)cc2)n1. The lowest BCUT2D eigenvalue weighted by Gasteiger charge is -2.09. The second-order valence-electron chi connectivity index (χ2n) is 5.27. The molecule has 24 heavy (non-hydrogen) atoms. The molecule has 2 rings (SSSR count). The number of benzene rings is 1. The van der Waals surface area contributed by atoms with E-state index in [4.69, 9.17) is 9.47 Å². The molecular formula is C17H20N2O4S. The molecule has 6 nitrogen and oxygen atoms in total. The molecule has 0 fully saturated rings. The Kier molecular flexibility index (Phi) is 6.31. The molecule has 128 valence electrons. The molecule has 1 N–H and O–H groups in total. The van der Waals surface area contributed by atoms with Crippen LogP contribution in [0, 0.1) is 0 Å². The van der Waals surface area contributed by atoms with Crippen molar-refractivity contribution in [2.75, 3.05) is 11.9 Å². The number of hydrogen-bond acceptors (Lipinski definition) is 6. The predicted octanol–water partition coefficient (Wildman–Crippen LogP) is 3.29. The van der Waals surface area contributed by atoms with Crippen LogP contribution in [0.5, 0.6) is 5.75 Å². The van der Waals surface area contributed by atoms with Crippen LogP contribution >= 0.6 is 11.3 Å². The van der Waals surface area contributed by atoms with E-state index in [9.17, 15) is 9.59 Å². The number of anilines is 1. The molecule has 1 aromatic carbocycles. The number of aromatic nitrogens is 1. The molecule has 0 aliphatic carbocycles. The van der Waals surface area contributed by atoms with Crippen molar-refractivity contribution >= 4 is 28.3 Å². The van der Waals surface area contributed by atoms with Crippen molar-refractivity contribution in [3.05, 3.63) is 40.9 Å². The second-order valence-corrected chi connectivity index (χ2v) is 6.13. The number of carbonyl (C=O) groups excluding carboxylic acids is 2. The highest BCUT2D eigenvalue weighted by Gasteiger charge is 2.12. The summed E-state index contributed by atoms with van der Waals surface area (Å²) in [4.78, 5) is 27.8. The Hall–Kier alpha value is -2.41. The van der Waals surface area contributed by atoms with Crippen molar-refractivity contribution in [1.82, 2.24) is 4.98 Å². The lowest BCUT2D eigenvalue weighted by Crippen LogP contribution is -2.12. The first-order valence-corrected chi connectivity index (χ1v) is 8.54. The van der Waals surface area contributed by atoms with Gasteiger partial charge in [-0.1, -0.05) is 0 Å². The van der Waals surface area contributed by atoms with E-state index in [0.717, 1.165) is 0 Å². The Bertz CT molecular complexity index is 695. The van der Waals surface area contributed by atoms with Crippen LogP contribution < -0.4 is 10.1 Å². The van der Waals surface area contributed by atoms with Crippen LogP contribution in [0.2, 0.25) is 0 Å². The number of ether oxygens (including phenoxy) is 2. The predicted molar refractivity (Wildman–Crippen MR) is 92.6 cm³/mol. The van der Waals surface area contributed by atoms with Crippen molar-refractivity contribution in [3.8, 4) is 5.75 Å². The number of nitrogens with one attached hydrogen (secondary N) is 1. The Balaban J connectivity index is 1.94. The molecule has 0 radical (unpaired) electrons. The normalized spacial score (nSPS) is 10.5. The standard InChI is InChI=1S/C17H20N2O4S/c1-4-22-15(20)9-13-10-24-17(18-13)19-16(21)12-5-7-14(8-6-12)23-11(2)3/h5-8,10-11H,4,9H2,1-3H3,(H,18,19,21). The number of carbonyl (C=O) groups is 2. The molecule has 2 aromatic rings. The largest absolute Gasteiger partial charge is 0.491 e. The average molecular weight is 348 g/mol. The third-order valence-corrected chi connectivity index (χ3v) is 3.70. The van der Waals surface area contributed by atoms with E-state index < -0.39 is 0 Å². The lowest BCUT2D eigenvalue weighted by molar-refractivity contribution is -0.142. The third kappa shape index (κ3) is 5.34. The first-order valence-electron chi connectivity index (χ1n) is 7.66. The first-order chi connectivity index (χ1) is 11.5. The summed E-state index contributed by atoms with van der Waals surface area (Å²) in [5, 5.41) is 4.89. The summed E-state index contributed by atoms with van der Waals surface area (Å²) >= 11 is 1.27. The van der Waals surface area contributed by atoms with Gasteiger partial charge in [0.1, 0.15) is 5.75 Å². The maximum atomic E-state index is 12.2. The van der Waals surface area contributed by atoms with Gasteiger partial charge in [0.05, 0.1) is 24.8 Å². The van der Waals surface area contributed by atoms with Gasteiger partial charge < -0.3 is 9.47 Å². The molecule has 0 unspecified atom stereocenters. The molecule has 7 heteroatoms. The van der Waals surface area contributed by atoms with Gasteiger partial charge in [0.25, 0.3) is 5.91 Å². The Morgan fingerprint density at radius 1 is 1.25 bits per heavy atom. The number of nitrogens with zero attached hydrogens (tertiary/aromatic N) is 1. The van der Waals surface area contributed by atoms with Crippen molar-refractivity contribution in [1.29, 1.82) is 0 Å². The fraction of sp³-hybridized carbons (Fsp3) is 0.353. The van der Waals surface area contributed by atoms with Gasteiger partial charge in [0.15, 0.2) is 5.13 Å². The van der Waals surface area contributed by atoms with Crippen LogP contribution in [-0.4, -0.2) is 29.6 Å². The highest BCUT2D eigenvalue weighted by Crippen LogP contribution is 2.19. The number of esters is 1. The summed E-state index contributed by atoms with van der Waals surface area (Å²) < 4.78 is 10.4. The monoisotopic (exact) mass is 348 g/mol. The van der Waals surface area contributed by atoms with Crippen LogP contribution in [0.15, 0.2) is 29.6 Å². The van der Waals surface area contributed by atoms with Crippen LogP contribution in [0.3, 0.4) is 0 Å². The van der Waals surface area contributed by atoms with E-state index in [1.165, 1.54) is 11.3 Å². The fourth-order valence-electron chi connectivity index (χ4n) is 1.93. The van der Waals surface area contributed by atoms with Crippen LogP contribution in [0.25, 0.3) is 0 Å². The van der Waals surface area contributed by atoms with Crippen molar-refractivity contribution in [3.63, 3.8) is 0 Å². The lowest BCUT2D eigenvalue weighted by atomic mass is 10.2. The zero-order valence-electron chi connectivity index (χ0n) is 13.9. The molecule has 0 atom stereocenters. The van der Waals surface area contributed by atoms with Gasteiger partial charge >= 0.3 is 5.97 Å². The number of hydrogen-bond donors (Lipinski definition) is 1. The smallest absolute Gasteiger partial charge is 0.311 e. The summed E-state index contributed by atoms with van der Waals surface area (Å²) in [7, 11) is 0. The molecule has 0 saturated heterocycles. The Labute approximate surface area is 144 Å². The van der Waals surface area contributed by atoms with Crippen molar-refractivity contribution < 1.29 is 19.1 Å². The zero-order chi connectivity index (χ0) is 17.5. The summed E-state index contributed by atoms with van der Waals surface area (Å²) in [6, 6.07) is 6.90. The third-order valence-electron chi connectivity index (χ3n) is 2.89. The quantitative estimate of drug-likeness (QED) is 0.777. The zero-order valence-corrected chi connectivity index (χ0v) is 14.7. The van der Waals surface area contributed by atoms with Gasteiger partial charge in [-0.2, -0.15) is 0 Å². The Morgan fingerprint density at radius 3 is 2.58 bits per heavy atom. The minimum absolute atomic E-state index is 0.0813. The number of thiazole rings is 1. The topological polar surface area (TPSA) is 77.5 Å². The maximum Gasteiger partial charge on any atom is 0.311 e. The Morgan fingerprint density at radius 2 is 1.96 bits per heavy atom. The molecule has 0 aliphatic heterocycles. The fourth-order valence-corrected chi connectivity index (χ4v) is 2.64. The van der Waals surface area contributed by atoms with E-state index in [1.54, 1.807) is 36.6 Å². The van der Waals surface area contributed by atoms with Gasteiger partial charge in [-0.15, -0.1) is 11.3 Å². The minimum atomic E-state index is -0.332. The van der Waals surface area contributed by atoms with Crippen molar-refractivity contribution in [2.24, 2.45) is 0 Å². The van der Waals surface area contributed by atoms with Gasteiger partial charge in [-0.05, 0) is 45.0 Å². The molecule has 0 saturated carbocycles. The summed E-state index contributed by atoms with van der Waals surface area (Å²) in [6.07, 6.45) is 0.180. The van der Waals surface area contributed by atoms with Crippen LogP contribution in [0.1, 0.15) is 36.8 Å². The van der Waals surface area contributed by atoms with E-state index in [2.05, 4.69) is 10.3 Å². The van der Waals surface area contributed by atoms with Gasteiger partial charge in [0, 0.05) is 10.9 Å². The van der Waals surface area contributed by atoms with Crippen molar-refractivity contribution in [2.45, 2.75) is 33.3 Å². The van der Waals surface area contributed by atoms with Gasteiger partial charge in [0.2, 0.25) is 0 Å². The minimum Gasteiger partial charge on any atom is -0.491 e. The highest BCUT2D eigenvalue weighted by molar-refractivity contribution is 7.14. The summed E-state index contributed by atoms with van der Waals surface area (Å²) in [5.74, 6) is 0.122. The maximum absolute atomic E-state index is 12.2. The molecular weight excluding hydrogens is 328 g/mol. The van der Waals surface area contributed by atoms with Crippen LogP contribution in [-0.2, 0) is 16.0 Å². The molecule has 0 bridgehead atoms.